The van der Waals surface area contributed by atoms with Crippen molar-refractivity contribution in [3.8, 4) is 0 Å². The van der Waals surface area contributed by atoms with Gasteiger partial charge in [0.15, 0.2) is 5.96 Å². The van der Waals surface area contributed by atoms with Gasteiger partial charge in [0, 0.05) is 44.3 Å². The highest BCUT2D eigenvalue weighted by Gasteiger charge is 2.32. The third-order valence-corrected chi connectivity index (χ3v) is 6.53. The Morgan fingerprint density at radius 1 is 1.24 bits per heavy atom. The molecule has 1 aromatic carbocycles. The zero-order valence-electron chi connectivity index (χ0n) is 18.0. The van der Waals surface area contributed by atoms with Crippen LogP contribution in [-0.2, 0) is 11.3 Å². The number of rotatable bonds is 6. The van der Waals surface area contributed by atoms with Crippen LogP contribution in [0.4, 0.5) is 0 Å². The summed E-state index contributed by atoms with van der Waals surface area (Å²) in [6.07, 6.45) is 3.97. The van der Waals surface area contributed by atoms with E-state index in [1.54, 1.807) is 0 Å². The van der Waals surface area contributed by atoms with E-state index in [1.165, 1.54) is 24.9 Å². The third kappa shape index (κ3) is 5.50. The Bertz CT molecular complexity index is 666. The summed E-state index contributed by atoms with van der Waals surface area (Å²) in [5.41, 5.74) is 1.38. The second-order valence-electron chi connectivity index (χ2n) is 8.81. The van der Waals surface area contributed by atoms with E-state index in [-0.39, 0.29) is 6.10 Å². The number of ether oxygens (including phenoxy) is 1. The average Bonchev–Trinajstić information content (AvgIpc) is 3.33. The molecule has 1 aromatic rings. The van der Waals surface area contributed by atoms with Gasteiger partial charge in [0.05, 0.1) is 19.3 Å². The van der Waals surface area contributed by atoms with E-state index in [0.29, 0.717) is 18.1 Å². The van der Waals surface area contributed by atoms with Crippen molar-refractivity contribution >= 4 is 5.96 Å². The van der Waals surface area contributed by atoms with Gasteiger partial charge in [-0.3, -0.25) is 14.8 Å². The molecular weight excluding hydrogens is 362 g/mol. The van der Waals surface area contributed by atoms with Crippen LogP contribution in [0.1, 0.15) is 38.7 Å². The van der Waals surface area contributed by atoms with Crippen LogP contribution in [0.15, 0.2) is 35.3 Å². The summed E-state index contributed by atoms with van der Waals surface area (Å²) in [5, 5.41) is 7.10. The smallest absolute Gasteiger partial charge is 0.191 e. The monoisotopic (exact) mass is 399 g/mol. The molecule has 0 spiro atoms. The number of likely N-dealkylation sites (tertiary alicyclic amines) is 1. The maximum atomic E-state index is 6.08. The molecule has 0 saturated carbocycles. The van der Waals surface area contributed by atoms with E-state index in [1.807, 2.05) is 0 Å². The Hall–Kier alpha value is -1.63. The first kappa shape index (κ1) is 20.6. The van der Waals surface area contributed by atoms with Gasteiger partial charge < -0.3 is 15.4 Å². The van der Waals surface area contributed by atoms with Crippen LogP contribution in [0, 0.1) is 0 Å². The maximum Gasteiger partial charge on any atom is 0.191 e. The zero-order valence-corrected chi connectivity index (χ0v) is 18.0. The van der Waals surface area contributed by atoms with Crippen molar-refractivity contribution in [1.82, 2.24) is 20.4 Å². The Morgan fingerprint density at radius 2 is 2.10 bits per heavy atom. The number of hydrogen-bond donors (Lipinski definition) is 2. The highest BCUT2D eigenvalue weighted by molar-refractivity contribution is 5.80. The molecule has 6 heteroatoms. The van der Waals surface area contributed by atoms with Crippen LogP contribution in [0.2, 0.25) is 0 Å². The normalized spacial score (nSPS) is 31.0. The first-order chi connectivity index (χ1) is 14.2. The summed E-state index contributed by atoms with van der Waals surface area (Å²) >= 11 is 0. The highest BCUT2D eigenvalue weighted by atomic mass is 16.5. The number of fused-ring (bicyclic) bond motifs is 1. The second-order valence-corrected chi connectivity index (χ2v) is 8.81. The second kappa shape index (κ2) is 9.92. The van der Waals surface area contributed by atoms with Gasteiger partial charge >= 0.3 is 0 Å². The van der Waals surface area contributed by atoms with Gasteiger partial charge in [0.25, 0.3) is 0 Å². The van der Waals surface area contributed by atoms with Gasteiger partial charge in [-0.1, -0.05) is 30.3 Å². The van der Waals surface area contributed by atoms with Crippen LogP contribution < -0.4 is 10.6 Å². The minimum Gasteiger partial charge on any atom is -0.373 e. The van der Waals surface area contributed by atoms with Crippen molar-refractivity contribution < 1.29 is 4.74 Å². The molecule has 0 aromatic heterocycles. The number of nitrogens with one attached hydrogen (secondary N) is 2. The topological polar surface area (TPSA) is 52.1 Å². The molecule has 6 nitrogen and oxygen atoms in total. The molecule has 0 radical (unpaired) electrons. The third-order valence-electron chi connectivity index (χ3n) is 6.53. The molecule has 160 valence electrons. The lowest BCUT2D eigenvalue weighted by Gasteiger charge is -2.34. The highest BCUT2D eigenvalue weighted by Crippen LogP contribution is 2.23. The molecule has 2 N–H and O–H groups in total. The van der Waals surface area contributed by atoms with E-state index < -0.39 is 0 Å². The zero-order chi connectivity index (χ0) is 20.1. The summed E-state index contributed by atoms with van der Waals surface area (Å²) < 4.78 is 6.08. The number of aliphatic imine (C=N–C) groups is 1. The Labute approximate surface area is 175 Å². The van der Waals surface area contributed by atoms with Crippen molar-refractivity contribution in [2.45, 2.75) is 63.9 Å². The molecule has 3 heterocycles. The van der Waals surface area contributed by atoms with Crippen molar-refractivity contribution in [1.29, 1.82) is 0 Å². The van der Waals surface area contributed by atoms with Gasteiger partial charge in [-0.25, -0.2) is 0 Å². The van der Waals surface area contributed by atoms with Gasteiger partial charge in [0.2, 0.25) is 0 Å². The Balaban J connectivity index is 1.29. The van der Waals surface area contributed by atoms with Crippen LogP contribution in [-0.4, -0.2) is 79.3 Å². The lowest BCUT2D eigenvalue weighted by atomic mass is 10.2. The van der Waals surface area contributed by atoms with Gasteiger partial charge in [-0.05, 0) is 45.2 Å². The molecular formula is C23H37N5O. The van der Waals surface area contributed by atoms with Crippen molar-refractivity contribution in [2.24, 2.45) is 4.99 Å². The standard InChI is InChI=1S/C23H37N5O/c1-3-24-23(25-13-22-16-27-11-7-10-21(27)17-29-22)26-20-12-18(2)28(15-20)14-19-8-5-4-6-9-19/h4-6,8-9,18,20-22H,3,7,10-17H2,1-2H3,(H2,24,25,26). The maximum absolute atomic E-state index is 6.08. The minimum absolute atomic E-state index is 0.219. The number of nitrogens with zero attached hydrogens (tertiary/aromatic N) is 3. The van der Waals surface area contributed by atoms with Crippen molar-refractivity contribution in [2.75, 3.05) is 39.3 Å². The number of hydrogen-bond acceptors (Lipinski definition) is 4. The first-order valence-electron chi connectivity index (χ1n) is 11.4. The van der Waals surface area contributed by atoms with Crippen LogP contribution in [0.5, 0.6) is 0 Å². The molecule has 0 aliphatic carbocycles. The molecule has 3 saturated heterocycles. The average molecular weight is 400 g/mol. The van der Waals surface area contributed by atoms with Crippen molar-refractivity contribution in [3.05, 3.63) is 35.9 Å². The van der Waals surface area contributed by atoms with E-state index >= 15 is 0 Å². The number of benzene rings is 1. The first-order valence-corrected chi connectivity index (χ1v) is 11.4. The quantitative estimate of drug-likeness (QED) is 0.567. The van der Waals surface area contributed by atoms with Gasteiger partial charge in [-0.2, -0.15) is 0 Å². The molecule has 4 unspecified atom stereocenters. The molecule has 3 fully saturated rings. The molecule has 0 bridgehead atoms. The van der Waals surface area contributed by atoms with Crippen molar-refractivity contribution in [3.63, 3.8) is 0 Å². The molecule has 4 rings (SSSR count). The summed E-state index contributed by atoms with van der Waals surface area (Å²) in [6, 6.07) is 12.4. The number of morpholine rings is 1. The lowest BCUT2D eigenvalue weighted by Crippen LogP contribution is -2.48. The summed E-state index contributed by atoms with van der Waals surface area (Å²) in [7, 11) is 0. The van der Waals surface area contributed by atoms with Crippen LogP contribution >= 0.6 is 0 Å². The molecule has 0 amide bonds. The van der Waals surface area contributed by atoms with Gasteiger partial charge in [0.1, 0.15) is 0 Å². The molecule has 3 aliphatic rings. The predicted octanol–water partition coefficient (Wildman–Crippen LogP) is 2.07. The predicted molar refractivity (Wildman–Crippen MR) is 118 cm³/mol. The molecule has 3 aliphatic heterocycles. The Morgan fingerprint density at radius 3 is 2.93 bits per heavy atom. The van der Waals surface area contributed by atoms with Gasteiger partial charge in [-0.15, -0.1) is 0 Å². The number of guanidine groups is 1. The van der Waals surface area contributed by atoms with E-state index in [9.17, 15) is 0 Å². The van der Waals surface area contributed by atoms with Crippen LogP contribution in [0.25, 0.3) is 0 Å². The lowest BCUT2D eigenvalue weighted by molar-refractivity contribution is -0.0432. The minimum atomic E-state index is 0.219. The fourth-order valence-corrected chi connectivity index (χ4v) is 4.94. The largest absolute Gasteiger partial charge is 0.373 e. The van der Waals surface area contributed by atoms with Crippen LogP contribution in [0.3, 0.4) is 0 Å². The fraction of sp³-hybridized carbons (Fsp3) is 0.696. The van der Waals surface area contributed by atoms with E-state index in [0.717, 1.165) is 51.7 Å². The fourth-order valence-electron chi connectivity index (χ4n) is 4.94. The molecule has 29 heavy (non-hydrogen) atoms. The summed E-state index contributed by atoms with van der Waals surface area (Å²) in [6.45, 7) is 11.3. The summed E-state index contributed by atoms with van der Waals surface area (Å²) in [4.78, 5) is 10.0. The molecule has 4 atom stereocenters. The van der Waals surface area contributed by atoms with E-state index in [2.05, 4.69) is 64.6 Å². The SMILES string of the molecule is CCNC(=NCC1CN2CCCC2CO1)NC1CC(C)N(Cc2ccccc2)C1. The summed E-state index contributed by atoms with van der Waals surface area (Å²) in [5.74, 6) is 0.929. The Kier molecular flexibility index (Phi) is 7.06. The van der Waals surface area contributed by atoms with E-state index in [4.69, 9.17) is 9.73 Å².